The average molecular weight is 296 g/mol. The average Bonchev–Trinajstić information content (AvgIpc) is 2.54. The molecule has 1 N–H and O–H groups in total. The summed E-state index contributed by atoms with van der Waals surface area (Å²) < 4.78 is 0. The molecule has 0 bridgehead atoms. The van der Waals surface area contributed by atoms with E-state index in [0.29, 0.717) is 26.2 Å². The second kappa shape index (κ2) is 6.62. The number of β-amino-alcohol motifs (C(OH)–C–C–N with tert-alkyl or cyclic N) is 1. The third-order valence-electron chi connectivity index (χ3n) is 3.84. The Morgan fingerprint density at radius 2 is 1.23 bits per heavy atom. The molecule has 4 heteroatoms. The van der Waals surface area contributed by atoms with Gasteiger partial charge in [0, 0.05) is 13.1 Å². The van der Waals surface area contributed by atoms with Crippen LogP contribution in [0.15, 0.2) is 60.7 Å². The fraction of sp³-hybridized carbons (Fsp3) is 0.278. The van der Waals surface area contributed by atoms with Gasteiger partial charge in [0.15, 0.2) is 0 Å². The fourth-order valence-corrected chi connectivity index (χ4v) is 2.79. The zero-order chi connectivity index (χ0) is 15.4. The largest absolute Gasteiger partial charge is 0.389 e. The fourth-order valence-electron chi connectivity index (χ4n) is 2.79. The number of rotatable bonds is 4. The Morgan fingerprint density at radius 1 is 0.818 bits per heavy atom. The number of carbonyl (C=O) groups is 1. The predicted octanol–water partition coefficient (Wildman–Crippen LogP) is 2.49. The molecule has 0 radical (unpaired) electrons. The second-order valence-corrected chi connectivity index (χ2v) is 5.67. The van der Waals surface area contributed by atoms with Crippen molar-refractivity contribution in [3.63, 3.8) is 0 Å². The van der Waals surface area contributed by atoms with Gasteiger partial charge in [-0.25, -0.2) is 4.79 Å². The van der Waals surface area contributed by atoms with Gasteiger partial charge in [0.05, 0.1) is 19.2 Å². The molecule has 2 aromatic rings. The third kappa shape index (κ3) is 3.46. The SMILES string of the molecule is O=C1N(Cc2ccccc2)CC(O)CN1Cc1ccccc1. The zero-order valence-corrected chi connectivity index (χ0v) is 12.4. The molecule has 3 rings (SSSR count). The Morgan fingerprint density at radius 3 is 1.64 bits per heavy atom. The summed E-state index contributed by atoms with van der Waals surface area (Å²) in [5.74, 6) is 0. The Balaban J connectivity index is 1.71. The van der Waals surface area contributed by atoms with E-state index in [-0.39, 0.29) is 6.03 Å². The van der Waals surface area contributed by atoms with Crippen LogP contribution < -0.4 is 0 Å². The maximum Gasteiger partial charge on any atom is 0.320 e. The van der Waals surface area contributed by atoms with E-state index >= 15 is 0 Å². The summed E-state index contributed by atoms with van der Waals surface area (Å²) in [4.78, 5) is 16.0. The summed E-state index contributed by atoms with van der Waals surface area (Å²) in [6, 6.07) is 19.7. The van der Waals surface area contributed by atoms with Crippen LogP contribution in [0.3, 0.4) is 0 Å². The van der Waals surface area contributed by atoms with Gasteiger partial charge in [0.25, 0.3) is 0 Å². The second-order valence-electron chi connectivity index (χ2n) is 5.67. The molecule has 0 spiro atoms. The molecule has 22 heavy (non-hydrogen) atoms. The minimum absolute atomic E-state index is 0.0157. The highest BCUT2D eigenvalue weighted by molar-refractivity contribution is 5.75. The van der Waals surface area contributed by atoms with Gasteiger partial charge in [0.1, 0.15) is 0 Å². The van der Waals surface area contributed by atoms with Gasteiger partial charge in [-0.05, 0) is 11.1 Å². The summed E-state index contributed by atoms with van der Waals surface area (Å²) in [5.41, 5.74) is 2.15. The summed E-state index contributed by atoms with van der Waals surface area (Å²) in [6.07, 6.45) is -0.509. The van der Waals surface area contributed by atoms with Crippen molar-refractivity contribution in [2.45, 2.75) is 19.2 Å². The first kappa shape index (κ1) is 14.6. The Labute approximate surface area is 130 Å². The lowest BCUT2D eigenvalue weighted by Gasteiger charge is -2.38. The van der Waals surface area contributed by atoms with Crippen LogP contribution in [-0.4, -0.2) is 40.1 Å². The Hall–Kier alpha value is -2.33. The molecule has 0 saturated carbocycles. The monoisotopic (exact) mass is 296 g/mol. The van der Waals surface area contributed by atoms with Gasteiger partial charge in [-0.3, -0.25) is 0 Å². The van der Waals surface area contributed by atoms with Crippen molar-refractivity contribution in [3.8, 4) is 0 Å². The van der Waals surface area contributed by atoms with E-state index in [0.717, 1.165) is 11.1 Å². The van der Waals surface area contributed by atoms with Crippen molar-refractivity contribution in [2.24, 2.45) is 0 Å². The van der Waals surface area contributed by atoms with Crippen molar-refractivity contribution in [3.05, 3.63) is 71.8 Å². The van der Waals surface area contributed by atoms with Crippen LogP contribution in [-0.2, 0) is 13.1 Å². The maximum absolute atomic E-state index is 12.6. The molecule has 0 aromatic heterocycles. The summed E-state index contributed by atoms with van der Waals surface area (Å²) >= 11 is 0. The standard InChI is InChI=1S/C18H20N2O2/c21-17-13-19(11-15-7-3-1-4-8-15)18(22)20(14-17)12-16-9-5-2-6-10-16/h1-10,17,21H,11-14H2. The van der Waals surface area contributed by atoms with Crippen LogP contribution in [0.1, 0.15) is 11.1 Å². The number of benzene rings is 2. The van der Waals surface area contributed by atoms with Gasteiger partial charge >= 0.3 is 6.03 Å². The maximum atomic E-state index is 12.6. The van der Waals surface area contributed by atoms with Crippen molar-refractivity contribution in [1.29, 1.82) is 0 Å². The number of urea groups is 1. The summed E-state index contributed by atoms with van der Waals surface area (Å²) in [7, 11) is 0. The van der Waals surface area contributed by atoms with Crippen LogP contribution in [0.4, 0.5) is 4.79 Å². The molecule has 2 amide bonds. The molecule has 1 fully saturated rings. The van der Waals surface area contributed by atoms with Gasteiger partial charge in [-0.2, -0.15) is 0 Å². The lowest BCUT2D eigenvalue weighted by molar-refractivity contribution is 0.0388. The first-order valence-electron chi connectivity index (χ1n) is 7.52. The molecule has 1 aliphatic rings. The number of aliphatic hydroxyl groups excluding tert-OH is 1. The van der Waals surface area contributed by atoms with Gasteiger partial charge in [-0.15, -0.1) is 0 Å². The van der Waals surface area contributed by atoms with Crippen LogP contribution >= 0.6 is 0 Å². The summed E-state index contributed by atoms with van der Waals surface area (Å²) in [5, 5.41) is 10.1. The highest BCUT2D eigenvalue weighted by atomic mass is 16.3. The van der Waals surface area contributed by atoms with E-state index in [4.69, 9.17) is 0 Å². The molecular formula is C18H20N2O2. The minimum atomic E-state index is -0.509. The van der Waals surface area contributed by atoms with Gasteiger partial charge in [-0.1, -0.05) is 60.7 Å². The van der Waals surface area contributed by atoms with E-state index in [1.807, 2.05) is 60.7 Å². The predicted molar refractivity (Wildman–Crippen MR) is 85.1 cm³/mol. The molecule has 0 aliphatic carbocycles. The van der Waals surface area contributed by atoms with E-state index in [1.165, 1.54) is 0 Å². The molecule has 1 saturated heterocycles. The Bertz CT molecular complexity index is 562. The minimum Gasteiger partial charge on any atom is -0.389 e. The van der Waals surface area contributed by atoms with E-state index in [2.05, 4.69) is 0 Å². The quantitative estimate of drug-likeness (QED) is 0.942. The van der Waals surface area contributed by atoms with Crippen molar-refractivity contribution >= 4 is 6.03 Å². The van der Waals surface area contributed by atoms with Gasteiger partial charge in [0.2, 0.25) is 0 Å². The number of hydrogen-bond acceptors (Lipinski definition) is 2. The van der Waals surface area contributed by atoms with Crippen LogP contribution in [0.25, 0.3) is 0 Å². The topological polar surface area (TPSA) is 43.8 Å². The van der Waals surface area contributed by atoms with Crippen molar-refractivity contribution in [1.82, 2.24) is 9.80 Å². The van der Waals surface area contributed by atoms with Crippen LogP contribution in [0.5, 0.6) is 0 Å². The number of nitrogens with zero attached hydrogens (tertiary/aromatic N) is 2. The molecule has 0 unspecified atom stereocenters. The number of amides is 2. The molecule has 0 atom stereocenters. The molecule has 1 heterocycles. The lowest BCUT2D eigenvalue weighted by atomic mass is 10.1. The van der Waals surface area contributed by atoms with Gasteiger partial charge < -0.3 is 14.9 Å². The zero-order valence-electron chi connectivity index (χ0n) is 12.4. The number of hydrogen-bond donors (Lipinski definition) is 1. The normalized spacial score (nSPS) is 16.1. The lowest BCUT2D eigenvalue weighted by Crippen LogP contribution is -2.54. The highest BCUT2D eigenvalue weighted by Crippen LogP contribution is 2.16. The molecule has 4 nitrogen and oxygen atoms in total. The van der Waals surface area contributed by atoms with Crippen LogP contribution in [0, 0.1) is 0 Å². The molecular weight excluding hydrogens is 276 g/mol. The Kier molecular flexibility index (Phi) is 4.39. The summed E-state index contributed by atoms with van der Waals surface area (Å²) in [6.45, 7) is 1.84. The van der Waals surface area contributed by atoms with E-state index in [1.54, 1.807) is 9.80 Å². The smallest absolute Gasteiger partial charge is 0.320 e. The van der Waals surface area contributed by atoms with Crippen molar-refractivity contribution in [2.75, 3.05) is 13.1 Å². The highest BCUT2D eigenvalue weighted by Gasteiger charge is 2.30. The number of aliphatic hydroxyl groups is 1. The molecule has 1 aliphatic heterocycles. The first-order chi connectivity index (χ1) is 10.7. The number of carbonyl (C=O) groups excluding carboxylic acids is 1. The van der Waals surface area contributed by atoms with Crippen molar-refractivity contribution < 1.29 is 9.90 Å². The molecule has 114 valence electrons. The van der Waals surface area contributed by atoms with Crippen LogP contribution in [0.2, 0.25) is 0 Å². The first-order valence-corrected chi connectivity index (χ1v) is 7.52. The van der Waals surface area contributed by atoms with E-state index < -0.39 is 6.10 Å². The van der Waals surface area contributed by atoms with E-state index in [9.17, 15) is 9.90 Å². The third-order valence-corrected chi connectivity index (χ3v) is 3.84. The molecule has 2 aromatic carbocycles.